The molecular weight excluding hydrogens is 260 g/mol. The van der Waals surface area contributed by atoms with Gasteiger partial charge in [-0.2, -0.15) is 0 Å². The van der Waals surface area contributed by atoms with Gasteiger partial charge in [-0.1, -0.05) is 26.0 Å². The normalized spacial score (nSPS) is 11.7. The Kier molecular flexibility index (Phi) is 5.62. The zero-order valence-electron chi connectivity index (χ0n) is 13.8. The van der Waals surface area contributed by atoms with E-state index in [0.29, 0.717) is 6.04 Å². The first-order chi connectivity index (χ1) is 10.2. The molecule has 0 atom stereocenters. The number of para-hydroxylation sites is 2. The SMILES string of the molecule is CCN(CC)CCCNc1nc2ccccc2n1C(C)C. The first kappa shape index (κ1) is 15.8. The van der Waals surface area contributed by atoms with Crippen molar-refractivity contribution < 1.29 is 0 Å². The summed E-state index contributed by atoms with van der Waals surface area (Å²) < 4.78 is 2.28. The van der Waals surface area contributed by atoms with Crippen LogP contribution < -0.4 is 5.32 Å². The topological polar surface area (TPSA) is 33.1 Å². The number of fused-ring (bicyclic) bond motifs is 1. The predicted octanol–water partition coefficient (Wildman–Crippen LogP) is 3.76. The quantitative estimate of drug-likeness (QED) is 0.751. The van der Waals surface area contributed by atoms with Crippen LogP contribution in [-0.4, -0.2) is 40.6 Å². The second kappa shape index (κ2) is 7.46. The summed E-state index contributed by atoms with van der Waals surface area (Å²) in [6.07, 6.45) is 1.14. The van der Waals surface area contributed by atoms with Crippen LogP contribution in [0.3, 0.4) is 0 Å². The van der Waals surface area contributed by atoms with E-state index in [1.807, 2.05) is 6.07 Å². The highest BCUT2D eigenvalue weighted by atomic mass is 15.2. The maximum absolute atomic E-state index is 4.73. The van der Waals surface area contributed by atoms with Crippen LogP contribution in [0.1, 0.15) is 40.2 Å². The van der Waals surface area contributed by atoms with Crippen molar-refractivity contribution in [1.29, 1.82) is 0 Å². The summed E-state index contributed by atoms with van der Waals surface area (Å²) in [4.78, 5) is 7.18. The van der Waals surface area contributed by atoms with E-state index in [2.05, 4.69) is 60.7 Å². The number of benzene rings is 1. The minimum atomic E-state index is 0.405. The van der Waals surface area contributed by atoms with Gasteiger partial charge in [0.2, 0.25) is 5.95 Å². The number of nitrogens with zero attached hydrogens (tertiary/aromatic N) is 3. The molecule has 0 amide bonds. The molecule has 0 radical (unpaired) electrons. The molecule has 21 heavy (non-hydrogen) atoms. The molecule has 1 heterocycles. The lowest BCUT2D eigenvalue weighted by Crippen LogP contribution is -2.25. The van der Waals surface area contributed by atoms with Gasteiger partial charge in [0.05, 0.1) is 11.0 Å². The van der Waals surface area contributed by atoms with Gasteiger partial charge in [-0.05, 0) is 52.0 Å². The molecule has 0 saturated carbocycles. The predicted molar refractivity (Wildman–Crippen MR) is 91.0 cm³/mol. The van der Waals surface area contributed by atoms with E-state index in [0.717, 1.165) is 44.1 Å². The molecule has 4 nitrogen and oxygen atoms in total. The minimum Gasteiger partial charge on any atom is -0.356 e. The Bertz CT molecular complexity index is 555. The van der Waals surface area contributed by atoms with Gasteiger partial charge in [0.25, 0.3) is 0 Å². The summed E-state index contributed by atoms with van der Waals surface area (Å²) in [6, 6.07) is 8.75. The second-order valence-electron chi connectivity index (χ2n) is 5.70. The number of anilines is 1. The van der Waals surface area contributed by atoms with Crippen molar-refractivity contribution in [3.05, 3.63) is 24.3 Å². The van der Waals surface area contributed by atoms with Crippen LogP contribution in [0.5, 0.6) is 0 Å². The Morgan fingerprint density at radius 3 is 2.57 bits per heavy atom. The van der Waals surface area contributed by atoms with Gasteiger partial charge in [-0.25, -0.2) is 4.98 Å². The average Bonchev–Trinajstić information content (AvgIpc) is 2.85. The van der Waals surface area contributed by atoms with Gasteiger partial charge in [-0.3, -0.25) is 0 Å². The third-order valence-corrected chi connectivity index (χ3v) is 3.94. The number of aromatic nitrogens is 2. The third-order valence-electron chi connectivity index (χ3n) is 3.94. The number of hydrogen-bond acceptors (Lipinski definition) is 3. The summed E-state index contributed by atoms with van der Waals surface area (Å²) in [5.41, 5.74) is 2.27. The molecular formula is C17H28N4. The molecule has 1 aromatic heterocycles. The van der Waals surface area contributed by atoms with Crippen LogP contribution in [0.15, 0.2) is 24.3 Å². The van der Waals surface area contributed by atoms with Crippen molar-refractivity contribution >= 4 is 17.0 Å². The lowest BCUT2D eigenvalue weighted by molar-refractivity contribution is 0.303. The first-order valence-electron chi connectivity index (χ1n) is 8.10. The van der Waals surface area contributed by atoms with Crippen LogP contribution in [0.25, 0.3) is 11.0 Å². The van der Waals surface area contributed by atoms with E-state index in [-0.39, 0.29) is 0 Å². The van der Waals surface area contributed by atoms with Gasteiger partial charge >= 0.3 is 0 Å². The molecule has 0 aliphatic carbocycles. The van der Waals surface area contributed by atoms with Crippen molar-refractivity contribution in [2.45, 2.75) is 40.2 Å². The fourth-order valence-corrected chi connectivity index (χ4v) is 2.73. The summed E-state index contributed by atoms with van der Waals surface area (Å²) >= 11 is 0. The van der Waals surface area contributed by atoms with Crippen LogP contribution in [0.4, 0.5) is 5.95 Å². The zero-order chi connectivity index (χ0) is 15.2. The molecule has 4 heteroatoms. The lowest BCUT2D eigenvalue weighted by atomic mass is 10.3. The highest BCUT2D eigenvalue weighted by Gasteiger charge is 2.12. The fourth-order valence-electron chi connectivity index (χ4n) is 2.73. The largest absolute Gasteiger partial charge is 0.356 e. The van der Waals surface area contributed by atoms with Crippen LogP contribution in [-0.2, 0) is 0 Å². The lowest BCUT2D eigenvalue weighted by Gasteiger charge is -2.18. The van der Waals surface area contributed by atoms with E-state index < -0.39 is 0 Å². The monoisotopic (exact) mass is 288 g/mol. The molecule has 0 aliphatic heterocycles. The number of hydrogen-bond donors (Lipinski definition) is 1. The van der Waals surface area contributed by atoms with Crippen LogP contribution >= 0.6 is 0 Å². The summed E-state index contributed by atoms with van der Waals surface area (Å²) in [7, 11) is 0. The molecule has 0 bridgehead atoms. The van der Waals surface area contributed by atoms with E-state index >= 15 is 0 Å². The summed E-state index contributed by atoms with van der Waals surface area (Å²) in [5, 5.41) is 3.51. The van der Waals surface area contributed by atoms with Gasteiger partial charge in [0.1, 0.15) is 0 Å². The van der Waals surface area contributed by atoms with Gasteiger partial charge in [0, 0.05) is 12.6 Å². The minimum absolute atomic E-state index is 0.405. The molecule has 2 rings (SSSR count). The number of imidazole rings is 1. The van der Waals surface area contributed by atoms with Gasteiger partial charge in [0.15, 0.2) is 0 Å². The molecule has 0 saturated heterocycles. The summed E-state index contributed by atoms with van der Waals surface area (Å²) in [5.74, 6) is 0.991. The van der Waals surface area contributed by atoms with E-state index in [1.165, 1.54) is 5.52 Å². The molecule has 1 aromatic carbocycles. The number of nitrogens with one attached hydrogen (secondary N) is 1. The maximum atomic E-state index is 4.73. The fraction of sp³-hybridized carbons (Fsp3) is 0.588. The van der Waals surface area contributed by atoms with Crippen LogP contribution in [0, 0.1) is 0 Å². The standard InChI is InChI=1S/C17H28N4/c1-5-20(6-2)13-9-12-18-17-19-15-10-7-8-11-16(15)21(17)14(3)4/h7-8,10-11,14H,5-6,9,12-13H2,1-4H3,(H,18,19). The van der Waals surface area contributed by atoms with E-state index in [4.69, 9.17) is 4.98 Å². The maximum Gasteiger partial charge on any atom is 0.204 e. The molecule has 0 unspecified atom stereocenters. The molecule has 0 spiro atoms. The van der Waals surface area contributed by atoms with E-state index in [1.54, 1.807) is 0 Å². The number of rotatable bonds is 8. The van der Waals surface area contributed by atoms with Gasteiger partial charge in [-0.15, -0.1) is 0 Å². The van der Waals surface area contributed by atoms with Crippen LogP contribution in [0.2, 0.25) is 0 Å². The first-order valence-corrected chi connectivity index (χ1v) is 8.10. The zero-order valence-corrected chi connectivity index (χ0v) is 13.8. The smallest absolute Gasteiger partial charge is 0.204 e. The molecule has 116 valence electrons. The summed E-state index contributed by atoms with van der Waals surface area (Å²) in [6.45, 7) is 13.2. The van der Waals surface area contributed by atoms with Crippen molar-refractivity contribution in [3.8, 4) is 0 Å². The molecule has 0 aliphatic rings. The van der Waals surface area contributed by atoms with Gasteiger partial charge < -0.3 is 14.8 Å². The highest BCUT2D eigenvalue weighted by Crippen LogP contribution is 2.23. The van der Waals surface area contributed by atoms with Crippen molar-refractivity contribution in [3.63, 3.8) is 0 Å². The highest BCUT2D eigenvalue weighted by molar-refractivity contribution is 5.78. The van der Waals surface area contributed by atoms with Crippen molar-refractivity contribution in [1.82, 2.24) is 14.5 Å². The van der Waals surface area contributed by atoms with Crippen molar-refractivity contribution in [2.75, 3.05) is 31.5 Å². The average molecular weight is 288 g/mol. The van der Waals surface area contributed by atoms with E-state index in [9.17, 15) is 0 Å². The Balaban J connectivity index is 2.03. The molecule has 0 fully saturated rings. The Labute approximate surface area is 128 Å². The third kappa shape index (κ3) is 3.76. The Morgan fingerprint density at radius 1 is 1.19 bits per heavy atom. The second-order valence-corrected chi connectivity index (χ2v) is 5.70. The Hall–Kier alpha value is -1.55. The Morgan fingerprint density at radius 2 is 1.90 bits per heavy atom. The molecule has 2 aromatic rings. The molecule has 1 N–H and O–H groups in total. The van der Waals surface area contributed by atoms with Crippen molar-refractivity contribution in [2.24, 2.45) is 0 Å².